The lowest BCUT2D eigenvalue weighted by atomic mass is 10.2. The van der Waals surface area contributed by atoms with Gasteiger partial charge in [0.1, 0.15) is 5.82 Å². The molecule has 2 heterocycles. The lowest BCUT2D eigenvalue weighted by Gasteiger charge is -2.06. The highest BCUT2D eigenvalue weighted by molar-refractivity contribution is 5.95. The number of carbonyl (C=O) groups is 1. The lowest BCUT2D eigenvalue weighted by Crippen LogP contribution is -2.11. The Morgan fingerprint density at radius 2 is 2.18 bits per heavy atom. The monoisotopic (exact) mass is 296 g/mol. The number of hydrogen-bond donors (Lipinski definition) is 2. The molecule has 2 N–H and O–H groups in total. The van der Waals surface area contributed by atoms with E-state index in [1.807, 2.05) is 51.3 Å². The first-order chi connectivity index (χ1) is 10.6. The zero-order chi connectivity index (χ0) is 15.9. The average molecular weight is 296 g/mol. The smallest absolute Gasteiger partial charge is 0.186 e. The van der Waals surface area contributed by atoms with Gasteiger partial charge in [-0.25, -0.2) is 9.97 Å². The van der Waals surface area contributed by atoms with Crippen molar-refractivity contribution in [1.82, 2.24) is 20.3 Å². The van der Waals surface area contributed by atoms with Crippen LogP contribution >= 0.6 is 0 Å². The summed E-state index contributed by atoms with van der Waals surface area (Å²) in [6.07, 6.45) is 7.65. The SMILES string of the molecule is C/C=C\C=C(/NC)c1ccnc(CC(=O)c2ccc(C)[nH]2)n1. The van der Waals surface area contributed by atoms with Gasteiger partial charge in [-0.15, -0.1) is 0 Å². The number of hydrogen-bond acceptors (Lipinski definition) is 4. The van der Waals surface area contributed by atoms with Gasteiger partial charge >= 0.3 is 0 Å². The van der Waals surface area contributed by atoms with Gasteiger partial charge in [-0.3, -0.25) is 4.79 Å². The van der Waals surface area contributed by atoms with Crippen LogP contribution in [0, 0.1) is 6.92 Å². The summed E-state index contributed by atoms with van der Waals surface area (Å²) >= 11 is 0. The largest absolute Gasteiger partial charge is 0.386 e. The van der Waals surface area contributed by atoms with E-state index in [2.05, 4.69) is 20.3 Å². The van der Waals surface area contributed by atoms with Crippen LogP contribution in [0.25, 0.3) is 5.70 Å². The fraction of sp³-hybridized carbons (Fsp3) is 0.235. The molecule has 0 unspecified atom stereocenters. The van der Waals surface area contributed by atoms with Gasteiger partial charge in [0.05, 0.1) is 23.5 Å². The van der Waals surface area contributed by atoms with Crippen LogP contribution in [0.4, 0.5) is 0 Å². The molecular formula is C17H20N4O. The summed E-state index contributed by atoms with van der Waals surface area (Å²) in [6.45, 7) is 3.87. The van der Waals surface area contributed by atoms with E-state index < -0.39 is 0 Å². The summed E-state index contributed by atoms with van der Waals surface area (Å²) in [5.41, 5.74) is 3.19. The summed E-state index contributed by atoms with van der Waals surface area (Å²) in [5.74, 6) is 0.491. The van der Waals surface area contributed by atoms with Crippen LogP contribution in [-0.4, -0.2) is 27.8 Å². The van der Waals surface area contributed by atoms with Crippen molar-refractivity contribution >= 4 is 11.5 Å². The van der Waals surface area contributed by atoms with E-state index in [0.29, 0.717) is 11.5 Å². The third kappa shape index (κ3) is 3.91. The second-order valence-electron chi connectivity index (χ2n) is 4.87. The number of aromatic nitrogens is 3. The van der Waals surface area contributed by atoms with E-state index in [0.717, 1.165) is 17.1 Å². The highest BCUT2D eigenvalue weighted by Crippen LogP contribution is 2.10. The van der Waals surface area contributed by atoms with Gasteiger partial charge < -0.3 is 10.3 Å². The number of nitrogens with one attached hydrogen (secondary N) is 2. The number of nitrogens with zero attached hydrogens (tertiary/aromatic N) is 2. The zero-order valence-corrected chi connectivity index (χ0v) is 13.1. The predicted octanol–water partition coefficient (Wildman–Crippen LogP) is 2.67. The van der Waals surface area contributed by atoms with Crippen molar-refractivity contribution in [3.05, 3.63) is 65.5 Å². The molecule has 2 aromatic rings. The Bertz CT molecular complexity index is 713. The number of rotatable bonds is 6. The topological polar surface area (TPSA) is 70.7 Å². The maximum atomic E-state index is 12.2. The molecule has 0 spiro atoms. The maximum Gasteiger partial charge on any atom is 0.186 e. The molecule has 0 saturated heterocycles. The Balaban J connectivity index is 2.19. The van der Waals surface area contributed by atoms with Gasteiger partial charge in [0.2, 0.25) is 0 Å². The molecule has 5 nitrogen and oxygen atoms in total. The van der Waals surface area contributed by atoms with Crippen LogP contribution in [0.3, 0.4) is 0 Å². The molecule has 0 saturated carbocycles. The fourth-order valence-electron chi connectivity index (χ4n) is 2.03. The normalized spacial score (nSPS) is 11.9. The predicted molar refractivity (Wildman–Crippen MR) is 87.4 cm³/mol. The minimum Gasteiger partial charge on any atom is -0.386 e. The highest BCUT2D eigenvalue weighted by atomic mass is 16.1. The van der Waals surface area contributed by atoms with E-state index in [9.17, 15) is 4.79 Å². The van der Waals surface area contributed by atoms with Gasteiger partial charge in [-0.1, -0.05) is 12.2 Å². The first kappa shape index (κ1) is 15.7. The van der Waals surface area contributed by atoms with Gasteiger partial charge in [-0.05, 0) is 38.1 Å². The molecule has 0 aliphatic heterocycles. The standard InChI is InChI=1S/C17H20N4O/c1-4-5-6-13(18-3)14-9-10-19-17(21-14)11-16(22)15-8-7-12(2)20-15/h4-10,18,20H,11H2,1-3H3/b5-4-,13-6-. The summed E-state index contributed by atoms with van der Waals surface area (Å²) in [6, 6.07) is 5.48. The Kier molecular flexibility index (Phi) is 5.25. The molecule has 0 aromatic carbocycles. The molecule has 0 bridgehead atoms. The van der Waals surface area contributed by atoms with Crippen molar-refractivity contribution in [2.45, 2.75) is 20.3 Å². The number of allylic oxidation sites excluding steroid dienone is 3. The van der Waals surface area contributed by atoms with Crippen molar-refractivity contribution < 1.29 is 4.79 Å². The number of Topliss-reactive ketones (excluding diaryl/α,β-unsaturated/α-hetero) is 1. The second-order valence-corrected chi connectivity index (χ2v) is 4.87. The first-order valence-corrected chi connectivity index (χ1v) is 7.16. The van der Waals surface area contributed by atoms with E-state index >= 15 is 0 Å². The van der Waals surface area contributed by atoms with Gasteiger partial charge in [0.15, 0.2) is 5.78 Å². The molecule has 0 aliphatic carbocycles. The molecule has 22 heavy (non-hydrogen) atoms. The van der Waals surface area contributed by atoms with Crippen LogP contribution in [-0.2, 0) is 6.42 Å². The highest BCUT2D eigenvalue weighted by Gasteiger charge is 2.11. The van der Waals surface area contributed by atoms with E-state index in [4.69, 9.17) is 0 Å². The second kappa shape index (κ2) is 7.36. The Morgan fingerprint density at radius 3 is 2.82 bits per heavy atom. The fourth-order valence-corrected chi connectivity index (χ4v) is 2.03. The molecular weight excluding hydrogens is 276 g/mol. The van der Waals surface area contributed by atoms with Crippen LogP contribution in [0.1, 0.15) is 34.6 Å². The van der Waals surface area contributed by atoms with E-state index in [1.165, 1.54) is 0 Å². The summed E-state index contributed by atoms with van der Waals surface area (Å²) in [4.78, 5) is 23.9. The number of H-pyrrole nitrogens is 1. The van der Waals surface area contributed by atoms with Crippen molar-refractivity contribution in [2.24, 2.45) is 0 Å². The van der Waals surface area contributed by atoms with Crippen molar-refractivity contribution in [2.75, 3.05) is 7.05 Å². The first-order valence-electron chi connectivity index (χ1n) is 7.16. The van der Waals surface area contributed by atoms with Gasteiger partial charge in [0, 0.05) is 18.9 Å². The van der Waals surface area contributed by atoms with Crippen molar-refractivity contribution in [1.29, 1.82) is 0 Å². The maximum absolute atomic E-state index is 12.2. The van der Waals surface area contributed by atoms with Crippen LogP contribution in [0.2, 0.25) is 0 Å². The summed E-state index contributed by atoms with van der Waals surface area (Å²) in [5, 5.41) is 3.10. The number of ketones is 1. The molecule has 0 fully saturated rings. The average Bonchev–Trinajstić information content (AvgIpc) is 2.95. The molecule has 0 radical (unpaired) electrons. The molecule has 0 amide bonds. The summed E-state index contributed by atoms with van der Waals surface area (Å²) < 4.78 is 0. The molecule has 5 heteroatoms. The van der Waals surface area contributed by atoms with Gasteiger partial charge in [-0.2, -0.15) is 0 Å². The minimum absolute atomic E-state index is 0.0197. The Morgan fingerprint density at radius 1 is 1.36 bits per heavy atom. The van der Waals surface area contributed by atoms with E-state index in [-0.39, 0.29) is 12.2 Å². The van der Waals surface area contributed by atoms with Crippen molar-refractivity contribution in [3.63, 3.8) is 0 Å². The van der Waals surface area contributed by atoms with Crippen molar-refractivity contribution in [3.8, 4) is 0 Å². The number of aromatic amines is 1. The third-order valence-corrected chi connectivity index (χ3v) is 3.16. The summed E-state index contributed by atoms with van der Waals surface area (Å²) in [7, 11) is 1.84. The third-order valence-electron chi connectivity index (χ3n) is 3.16. The Hall–Kier alpha value is -2.69. The zero-order valence-electron chi connectivity index (χ0n) is 13.1. The molecule has 0 atom stereocenters. The van der Waals surface area contributed by atoms with Crippen LogP contribution in [0.15, 0.2) is 42.6 Å². The quantitative estimate of drug-likeness (QED) is 0.635. The molecule has 114 valence electrons. The molecule has 2 aromatic heterocycles. The van der Waals surface area contributed by atoms with Gasteiger partial charge in [0.25, 0.3) is 0 Å². The number of carbonyl (C=O) groups excluding carboxylic acids is 1. The minimum atomic E-state index is -0.0197. The molecule has 2 rings (SSSR count). The molecule has 0 aliphatic rings. The lowest BCUT2D eigenvalue weighted by molar-refractivity contribution is 0.0986. The van der Waals surface area contributed by atoms with Crippen LogP contribution in [0.5, 0.6) is 0 Å². The number of aryl methyl sites for hydroxylation is 1. The Labute approximate surface area is 130 Å². The van der Waals surface area contributed by atoms with Crippen LogP contribution < -0.4 is 5.32 Å². The van der Waals surface area contributed by atoms with E-state index in [1.54, 1.807) is 12.3 Å².